The van der Waals surface area contributed by atoms with Gasteiger partial charge in [0.25, 0.3) is 0 Å². The maximum absolute atomic E-state index is 12.4. The van der Waals surface area contributed by atoms with Gasteiger partial charge >= 0.3 is 0 Å². The standard InChI is InChI=1S/C27H25N9O3/c1-15-5-7-24(35-32-15)30-20-11-19-22(12-23(20)39-10-9-38-4)36(14-29-19)25-8-6-18(17(3)37)27(31-25)26-16(2)33-34-21(26)13-28/h5-8,11-12,14H,9-10H2,1-4H3,(H,30,35)(H,33,34). The van der Waals surface area contributed by atoms with Crippen molar-refractivity contribution >= 4 is 28.3 Å². The number of nitrogens with one attached hydrogen (secondary N) is 2. The number of ketones is 1. The minimum absolute atomic E-state index is 0.166. The highest BCUT2D eigenvalue weighted by Crippen LogP contribution is 2.34. The molecular weight excluding hydrogens is 498 g/mol. The molecule has 2 N–H and O–H groups in total. The number of aromatic amines is 1. The highest BCUT2D eigenvalue weighted by molar-refractivity contribution is 6.00. The van der Waals surface area contributed by atoms with Crippen LogP contribution in [0.25, 0.3) is 28.1 Å². The van der Waals surface area contributed by atoms with E-state index >= 15 is 0 Å². The number of rotatable bonds is 9. The Labute approximate surface area is 223 Å². The number of Topliss-reactive ketones (excluding diaryl/α,β-unsaturated/α-hetero) is 1. The monoisotopic (exact) mass is 523 g/mol. The lowest BCUT2D eigenvalue weighted by Crippen LogP contribution is -2.07. The number of nitrogens with zero attached hydrogens (tertiary/aromatic N) is 7. The summed E-state index contributed by atoms with van der Waals surface area (Å²) in [6.45, 7) is 5.85. The van der Waals surface area contributed by atoms with Gasteiger partial charge in [-0.25, -0.2) is 9.97 Å². The Hall–Kier alpha value is -5.15. The van der Waals surface area contributed by atoms with Gasteiger partial charge in [-0.1, -0.05) is 0 Å². The van der Waals surface area contributed by atoms with Gasteiger partial charge in [-0.2, -0.15) is 15.5 Å². The number of anilines is 2. The molecule has 4 aromatic heterocycles. The van der Waals surface area contributed by atoms with Gasteiger partial charge in [0.1, 0.15) is 30.6 Å². The number of pyridine rings is 1. The normalized spacial score (nSPS) is 10.9. The van der Waals surface area contributed by atoms with Crippen molar-refractivity contribution in [3.05, 3.63) is 65.4 Å². The molecular formula is C27H25N9O3. The number of hydrogen-bond acceptors (Lipinski definition) is 10. The summed E-state index contributed by atoms with van der Waals surface area (Å²) in [7, 11) is 1.61. The summed E-state index contributed by atoms with van der Waals surface area (Å²) in [5, 5.41) is 28.0. The number of nitriles is 1. The lowest BCUT2D eigenvalue weighted by atomic mass is 10.0. The first-order valence-corrected chi connectivity index (χ1v) is 12.1. The number of aryl methyl sites for hydroxylation is 2. The Morgan fingerprint density at radius 1 is 1.15 bits per heavy atom. The van der Waals surface area contributed by atoms with Crippen LogP contribution < -0.4 is 10.1 Å². The first kappa shape index (κ1) is 25.5. The molecule has 0 saturated carbocycles. The van der Waals surface area contributed by atoms with E-state index in [1.165, 1.54) is 6.92 Å². The summed E-state index contributed by atoms with van der Waals surface area (Å²) < 4.78 is 13.0. The van der Waals surface area contributed by atoms with E-state index in [1.807, 2.05) is 31.2 Å². The lowest BCUT2D eigenvalue weighted by Gasteiger charge is -2.14. The van der Waals surface area contributed by atoms with Crippen LogP contribution in [0.4, 0.5) is 11.5 Å². The molecule has 0 unspecified atom stereocenters. The molecule has 5 rings (SSSR count). The molecule has 0 fully saturated rings. The van der Waals surface area contributed by atoms with Crippen molar-refractivity contribution in [1.82, 2.24) is 34.9 Å². The highest BCUT2D eigenvalue weighted by atomic mass is 16.5. The summed E-state index contributed by atoms with van der Waals surface area (Å²) in [5.74, 6) is 1.45. The van der Waals surface area contributed by atoms with Crippen LogP contribution in [0.2, 0.25) is 0 Å². The van der Waals surface area contributed by atoms with Crippen LogP contribution in [0.3, 0.4) is 0 Å². The quantitative estimate of drug-likeness (QED) is 0.213. The maximum Gasteiger partial charge on any atom is 0.171 e. The van der Waals surface area contributed by atoms with Crippen molar-refractivity contribution in [2.24, 2.45) is 0 Å². The number of fused-ring (bicyclic) bond motifs is 1. The van der Waals surface area contributed by atoms with Crippen molar-refractivity contribution in [2.75, 3.05) is 25.6 Å². The topological polar surface area (TPSA) is 157 Å². The van der Waals surface area contributed by atoms with Crippen molar-refractivity contribution in [2.45, 2.75) is 20.8 Å². The lowest BCUT2D eigenvalue weighted by molar-refractivity contribution is 0.101. The molecule has 0 atom stereocenters. The molecule has 0 saturated heterocycles. The van der Waals surface area contributed by atoms with Gasteiger partial charge in [0, 0.05) is 24.4 Å². The van der Waals surface area contributed by atoms with Crippen LogP contribution >= 0.6 is 0 Å². The number of benzene rings is 1. The zero-order valence-electron chi connectivity index (χ0n) is 21.8. The molecule has 39 heavy (non-hydrogen) atoms. The third-order valence-electron chi connectivity index (χ3n) is 6.05. The number of methoxy groups -OCH3 is 1. The minimum Gasteiger partial charge on any atom is -0.489 e. The van der Waals surface area contributed by atoms with Gasteiger partial charge in [0.2, 0.25) is 0 Å². The Balaban J connectivity index is 1.62. The van der Waals surface area contributed by atoms with E-state index in [9.17, 15) is 10.1 Å². The van der Waals surface area contributed by atoms with Gasteiger partial charge in [0.15, 0.2) is 17.3 Å². The van der Waals surface area contributed by atoms with Crippen molar-refractivity contribution < 1.29 is 14.3 Å². The first-order valence-electron chi connectivity index (χ1n) is 12.1. The van der Waals surface area contributed by atoms with Gasteiger partial charge in [-0.3, -0.25) is 14.5 Å². The number of carbonyl (C=O) groups excluding carboxylic acids is 1. The first-order chi connectivity index (χ1) is 18.9. The Kier molecular flexibility index (Phi) is 6.98. The van der Waals surface area contributed by atoms with Gasteiger partial charge in [0.05, 0.1) is 40.3 Å². The van der Waals surface area contributed by atoms with E-state index in [0.29, 0.717) is 64.3 Å². The molecule has 196 valence electrons. The number of ether oxygens (including phenoxy) is 2. The summed E-state index contributed by atoms with van der Waals surface area (Å²) in [6, 6.07) is 12.9. The summed E-state index contributed by atoms with van der Waals surface area (Å²) in [5.41, 5.74) is 4.92. The third kappa shape index (κ3) is 5.03. The van der Waals surface area contributed by atoms with Gasteiger partial charge < -0.3 is 14.8 Å². The van der Waals surface area contributed by atoms with Crippen LogP contribution in [0.15, 0.2) is 42.7 Å². The molecule has 0 aliphatic carbocycles. The largest absolute Gasteiger partial charge is 0.489 e. The molecule has 0 amide bonds. The minimum atomic E-state index is -0.173. The smallest absolute Gasteiger partial charge is 0.171 e. The maximum atomic E-state index is 12.4. The molecule has 12 nitrogen and oxygen atoms in total. The summed E-state index contributed by atoms with van der Waals surface area (Å²) in [6.07, 6.45) is 1.64. The fraction of sp³-hybridized carbons (Fsp3) is 0.222. The fourth-order valence-corrected chi connectivity index (χ4v) is 4.13. The molecule has 0 aliphatic rings. The molecule has 1 aromatic carbocycles. The number of imidazole rings is 1. The van der Waals surface area contributed by atoms with Gasteiger partial charge in [-0.15, -0.1) is 5.10 Å². The fourth-order valence-electron chi connectivity index (χ4n) is 4.13. The van der Waals surface area contributed by atoms with E-state index in [-0.39, 0.29) is 11.5 Å². The zero-order chi connectivity index (χ0) is 27.5. The van der Waals surface area contributed by atoms with E-state index in [4.69, 9.17) is 14.5 Å². The number of carbonyl (C=O) groups is 1. The van der Waals surface area contributed by atoms with Crippen LogP contribution in [0.5, 0.6) is 5.75 Å². The summed E-state index contributed by atoms with van der Waals surface area (Å²) in [4.78, 5) is 21.8. The van der Waals surface area contributed by atoms with Crippen LogP contribution in [0, 0.1) is 25.2 Å². The number of hydrogen-bond donors (Lipinski definition) is 2. The van der Waals surface area contributed by atoms with Gasteiger partial charge in [-0.05, 0) is 51.1 Å². The Morgan fingerprint density at radius 3 is 2.72 bits per heavy atom. The zero-order valence-corrected chi connectivity index (χ0v) is 21.8. The average Bonchev–Trinajstić information content (AvgIpc) is 3.52. The Morgan fingerprint density at radius 2 is 2.00 bits per heavy atom. The molecule has 5 aromatic rings. The van der Waals surface area contributed by atoms with E-state index in [0.717, 1.165) is 11.2 Å². The second kappa shape index (κ2) is 10.7. The molecule has 0 spiro atoms. The highest BCUT2D eigenvalue weighted by Gasteiger charge is 2.21. The average molecular weight is 524 g/mol. The third-order valence-corrected chi connectivity index (χ3v) is 6.05. The van der Waals surface area contributed by atoms with Crippen LogP contribution in [0.1, 0.15) is 34.4 Å². The van der Waals surface area contributed by atoms with E-state index < -0.39 is 0 Å². The molecule has 0 radical (unpaired) electrons. The molecule has 12 heteroatoms. The predicted molar refractivity (Wildman–Crippen MR) is 143 cm³/mol. The number of aromatic nitrogens is 7. The Bertz CT molecular complexity index is 1720. The van der Waals surface area contributed by atoms with E-state index in [1.54, 1.807) is 37.1 Å². The summed E-state index contributed by atoms with van der Waals surface area (Å²) >= 11 is 0. The predicted octanol–water partition coefficient (Wildman–Crippen LogP) is 4.06. The van der Waals surface area contributed by atoms with Crippen molar-refractivity contribution in [3.63, 3.8) is 0 Å². The van der Waals surface area contributed by atoms with Crippen molar-refractivity contribution in [3.8, 4) is 28.9 Å². The van der Waals surface area contributed by atoms with Crippen molar-refractivity contribution in [1.29, 1.82) is 5.26 Å². The molecule has 0 aliphatic heterocycles. The number of H-pyrrole nitrogens is 1. The van der Waals surface area contributed by atoms with E-state index in [2.05, 4.69) is 36.8 Å². The second-order valence-corrected chi connectivity index (χ2v) is 8.78. The SMILES string of the molecule is COCCOc1cc2c(cc1Nc1ccc(C)nn1)ncn2-c1ccc(C(C)=O)c(-c2c(C#N)n[nH]c2C)n1. The molecule has 4 heterocycles. The van der Waals surface area contributed by atoms with Crippen LogP contribution in [-0.4, -0.2) is 61.0 Å². The van der Waals surface area contributed by atoms with Crippen LogP contribution in [-0.2, 0) is 4.74 Å². The molecule has 0 bridgehead atoms. The second-order valence-electron chi connectivity index (χ2n) is 8.78.